The van der Waals surface area contributed by atoms with Gasteiger partial charge < -0.3 is 10.1 Å². The summed E-state index contributed by atoms with van der Waals surface area (Å²) in [6.45, 7) is 2.11. The average molecular weight is 333 g/mol. The van der Waals surface area contributed by atoms with Crippen LogP contribution in [0, 0.1) is 29.1 Å². The summed E-state index contributed by atoms with van der Waals surface area (Å²) in [5, 5.41) is 3.08. The normalized spacial score (nSPS) is 43.5. The zero-order valence-corrected chi connectivity index (χ0v) is 14.9. The molecule has 0 unspecified atom stereocenters. The van der Waals surface area contributed by atoms with E-state index >= 15 is 0 Å². The first-order valence-corrected chi connectivity index (χ1v) is 10.0. The Morgan fingerprint density at radius 3 is 2.17 bits per heavy atom. The Labute approximate surface area is 145 Å². The smallest absolute Gasteiger partial charge is 0.312 e. The van der Waals surface area contributed by atoms with Crippen LogP contribution >= 0.6 is 0 Å². The van der Waals surface area contributed by atoms with Crippen LogP contribution in [0.5, 0.6) is 0 Å². The third-order valence-corrected chi connectivity index (χ3v) is 7.26. The van der Waals surface area contributed by atoms with Gasteiger partial charge in [-0.1, -0.05) is 19.8 Å². The van der Waals surface area contributed by atoms with Gasteiger partial charge in [0.2, 0.25) is 0 Å². The van der Waals surface area contributed by atoms with Gasteiger partial charge in [-0.3, -0.25) is 9.59 Å². The van der Waals surface area contributed by atoms with Gasteiger partial charge in [-0.05, 0) is 75.0 Å². The van der Waals surface area contributed by atoms with E-state index in [1.807, 2.05) is 0 Å². The van der Waals surface area contributed by atoms with Crippen LogP contribution < -0.4 is 5.32 Å². The standard InChI is InChI=1S/C20H31NO3/c1-13-4-2-3-5-17(13)21-18(22)12-24-19(23)20-9-14-6-15(10-20)8-16(7-14)11-20/h13-17H,2-12H2,1H3,(H,21,22)/t13-,14?,15?,16?,17-,20?/m0/s1. The molecule has 24 heavy (non-hydrogen) atoms. The fourth-order valence-corrected chi connectivity index (χ4v) is 6.42. The molecule has 0 heterocycles. The van der Waals surface area contributed by atoms with Crippen molar-refractivity contribution in [1.82, 2.24) is 5.32 Å². The summed E-state index contributed by atoms with van der Waals surface area (Å²) in [5.74, 6) is 2.49. The fraction of sp³-hybridized carbons (Fsp3) is 0.900. The van der Waals surface area contributed by atoms with Crippen molar-refractivity contribution >= 4 is 11.9 Å². The van der Waals surface area contributed by atoms with E-state index in [2.05, 4.69) is 12.2 Å². The molecule has 0 aliphatic heterocycles. The summed E-state index contributed by atoms with van der Waals surface area (Å²) in [5.41, 5.74) is -0.257. The highest BCUT2D eigenvalue weighted by Crippen LogP contribution is 2.60. The molecule has 1 N–H and O–H groups in total. The lowest BCUT2D eigenvalue weighted by atomic mass is 9.49. The maximum Gasteiger partial charge on any atom is 0.312 e. The van der Waals surface area contributed by atoms with Crippen molar-refractivity contribution in [3.8, 4) is 0 Å². The molecule has 134 valence electrons. The van der Waals surface area contributed by atoms with E-state index in [9.17, 15) is 9.59 Å². The van der Waals surface area contributed by atoms with Crippen LogP contribution in [0.4, 0.5) is 0 Å². The molecule has 0 aromatic heterocycles. The first kappa shape index (κ1) is 16.4. The van der Waals surface area contributed by atoms with Gasteiger partial charge in [-0.25, -0.2) is 0 Å². The largest absolute Gasteiger partial charge is 0.455 e. The molecule has 0 spiro atoms. The highest BCUT2D eigenvalue weighted by Gasteiger charge is 2.55. The van der Waals surface area contributed by atoms with E-state index in [4.69, 9.17) is 4.74 Å². The van der Waals surface area contributed by atoms with Gasteiger partial charge in [-0.2, -0.15) is 0 Å². The molecule has 5 rings (SSSR count). The molecule has 5 saturated carbocycles. The van der Waals surface area contributed by atoms with Crippen LogP contribution in [0.3, 0.4) is 0 Å². The van der Waals surface area contributed by atoms with Crippen LogP contribution in [-0.2, 0) is 14.3 Å². The van der Waals surface area contributed by atoms with Crippen LogP contribution in [0.15, 0.2) is 0 Å². The van der Waals surface area contributed by atoms with Crippen molar-refractivity contribution in [2.24, 2.45) is 29.1 Å². The molecule has 0 radical (unpaired) electrons. The second-order valence-electron chi connectivity index (χ2n) is 9.21. The summed E-state index contributed by atoms with van der Waals surface area (Å²) < 4.78 is 5.51. The number of esters is 1. The molecule has 1 amide bonds. The van der Waals surface area contributed by atoms with Gasteiger partial charge in [0.15, 0.2) is 6.61 Å². The Bertz CT molecular complexity index is 480. The number of amides is 1. The zero-order chi connectivity index (χ0) is 16.7. The number of rotatable bonds is 4. The lowest BCUT2D eigenvalue weighted by molar-refractivity contribution is -0.173. The lowest BCUT2D eigenvalue weighted by Gasteiger charge is -2.55. The Balaban J connectivity index is 1.29. The highest BCUT2D eigenvalue weighted by atomic mass is 16.5. The van der Waals surface area contributed by atoms with E-state index in [0.717, 1.165) is 43.4 Å². The zero-order valence-electron chi connectivity index (χ0n) is 14.9. The Morgan fingerprint density at radius 1 is 1.00 bits per heavy atom. The maximum absolute atomic E-state index is 12.8. The van der Waals surface area contributed by atoms with Gasteiger partial charge in [0.25, 0.3) is 5.91 Å². The third-order valence-electron chi connectivity index (χ3n) is 7.26. The second kappa shape index (κ2) is 6.34. The topological polar surface area (TPSA) is 55.4 Å². The molecule has 4 nitrogen and oxygen atoms in total. The number of hydrogen-bond donors (Lipinski definition) is 1. The summed E-state index contributed by atoms with van der Waals surface area (Å²) in [6, 6.07) is 0.254. The molecule has 2 atom stereocenters. The molecule has 5 aliphatic rings. The van der Waals surface area contributed by atoms with E-state index in [1.165, 1.54) is 38.5 Å². The first-order chi connectivity index (χ1) is 11.5. The number of carbonyl (C=O) groups excluding carboxylic acids is 2. The number of nitrogens with one attached hydrogen (secondary N) is 1. The second-order valence-corrected chi connectivity index (χ2v) is 9.21. The molecular formula is C20H31NO3. The van der Waals surface area contributed by atoms with Gasteiger partial charge >= 0.3 is 5.97 Å². The molecular weight excluding hydrogens is 302 g/mol. The predicted molar refractivity (Wildman–Crippen MR) is 91.1 cm³/mol. The molecule has 5 fully saturated rings. The van der Waals surface area contributed by atoms with Crippen molar-refractivity contribution in [2.75, 3.05) is 6.61 Å². The minimum absolute atomic E-state index is 0.0894. The molecule has 5 aliphatic carbocycles. The van der Waals surface area contributed by atoms with Gasteiger partial charge in [0, 0.05) is 6.04 Å². The third kappa shape index (κ3) is 3.09. The minimum Gasteiger partial charge on any atom is -0.455 e. The van der Waals surface area contributed by atoms with Crippen molar-refractivity contribution in [1.29, 1.82) is 0 Å². The summed E-state index contributed by atoms with van der Waals surface area (Å²) in [7, 11) is 0. The Kier molecular flexibility index (Phi) is 4.34. The predicted octanol–water partition coefficient (Wildman–Crippen LogP) is 3.44. The van der Waals surface area contributed by atoms with Crippen molar-refractivity contribution < 1.29 is 14.3 Å². The Morgan fingerprint density at radius 2 is 1.58 bits per heavy atom. The van der Waals surface area contributed by atoms with Crippen LogP contribution in [-0.4, -0.2) is 24.5 Å². The van der Waals surface area contributed by atoms with Crippen molar-refractivity contribution in [2.45, 2.75) is 77.2 Å². The number of ether oxygens (including phenoxy) is 1. The number of carbonyl (C=O) groups is 2. The highest BCUT2D eigenvalue weighted by molar-refractivity contribution is 5.83. The van der Waals surface area contributed by atoms with Crippen molar-refractivity contribution in [3.63, 3.8) is 0 Å². The monoisotopic (exact) mass is 333 g/mol. The van der Waals surface area contributed by atoms with Crippen LogP contribution in [0.2, 0.25) is 0 Å². The van der Waals surface area contributed by atoms with E-state index in [-0.39, 0.29) is 29.9 Å². The average Bonchev–Trinajstić information content (AvgIpc) is 2.53. The number of hydrogen-bond acceptors (Lipinski definition) is 3. The maximum atomic E-state index is 12.8. The molecule has 0 saturated heterocycles. The van der Waals surface area contributed by atoms with Gasteiger partial charge in [-0.15, -0.1) is 0 Å². The SMILES string of the molecule is C[C@H]1CCCC[C@@H]1NC(=O)COC(=O)C12CC3CC(CC(C3)C1)C2. The Hall–Kier alpha value is -1.06. The first-order valence-electron chi connectivity index (χ1n) is 10.0. The summed E-state index contributed by atoms with van der Waals surface area (Å²) in [4.78, 5) is 25.0. The van der Waals surface area contributed by atoms with E-state index in [1.54, 1.807) is 0 Å². The summed E-state index contributed by atoms with van der Waals surface area (Å²) >= 11 is 0. The molecule has 4 bridgehead atoms. The van der Waals surface area contributed by atoms with Crippen molar-refractivity contribution in [3.05, 3.63) is 0 Å². The summed E-state index contributed by atoms with van der Waals surface area (Å²) in [6.07, 6.45) is 11.6. The van der Waals surface area contributed by atoms with E-state index < -0.39 is 0 Å². The fourth-order valence-electron chi connectivity index (χ4n) is 6.42. The lowest BCUT2D eigenvalue weighted by Crippen LogP contribution is -2.51. The molecule has 4 heteroatoms. The van der Waals surface area contributed by atoms with Crippen LogP contribution in [0.25, 0.3) is 0 Å². The van der Waals surface area contributed by atoms with Gasteiger partial charge in [0.05, 0.1) is 5.41 Å². The van der Waals surface area contributed by atoms with Gasteiger partial charge in [0.1, 0.15) is 0 Å². The quantitative estimate of drug-likeness (QED) is 0.802. The van der Waals surface area contributed by atoms with E-state index in [0.29, 0.717) is 5.92 Å². The molecule has 0 aromatic rings. The minimum atomic E-state index is -0.257. The van der Waals surface area contributed by atoms with Crippen LogP contribution in [0.1, 0.15) is 71.1 Å². The molecule has 0 aromatic carbocycles.